The summed E-state index contributed by atoms with van der Waals surface area (Å²) in [6.45, 7) is 5.80. The topological polar surface area (TPSA) is 81.1 Å². The lowest BCUT2D eigenvalue weighted by Gasteiger charge is -2.11. The van der Waals surface area contributed by atoms with E-state index in [1.54, 1.807) is 55.5 Å². The Morgan fingerprint density at radius 2 is 1.90 bits per heavy atom. The minimum atomic E-state index is -0.151. The second kappa shape index (κ2) is 9.34. The number of Topliss-reactive ketones (excluding diaryl/α,β-unsaturated/α-hetero) is 1. The third-order valence-electron chi connectivity index (χ3n) is 4.28. The average molecular weight is 407 g/mol. The second-order valence-corrected chi connectivity index (χ2v) is 7.25. The summed E-state index contributed by atoms with van der Waals surface area (Å²) in [7, 11) is 0. The number of hydrogen-bond acceptors (Lipinski definition) is 5. The minimum Gasteiger partial charge on any atom is -0.326 e. The number of para-hydroxylation sites is 1. The Morgan fingerprint density at radius 3 is 2.59 bits per heavy atom. The number of aromatic nitrogens is 2. The van der Waals surface area contributed by atoms with Gasteiger partial charge in [-0.25, -0.2) is 4.98 Å². The van der Waals surface area contributed by atoms with Gasteiger partial charge < -0.3 is 5.32 Å². The van der Waals surface area contributed by atoms with Crippen molar-refractivity contribution in [3.8, 4) is 0 Å². The number of carbonyl (C=O) groups excluding carboxylic acids is 2. The molecule has 1 heterocycles. The molecule has 3 rings (SSSR count). The molecule has 29 heavy (non-hydrogen) atoms. The number of ketones is 1. The predicted molar refractivity (Wildman–Crippen MR) is 117 cm³/mol. The fraction of sp³-hybridized carbons (Fsp3) is 0.182. The van der Waals surface area contributed by atoms with E-state index in [2.05, 4.69) is 16.9 Å². The molecule has 1 amide bonds. The molecule has 0 radical (unpaired) electrons. The number of nitrogens with one attached hydrogen (secondary N) is 1. The van der Waals surface area contributed by atoms with Gasteiger partial charge in [-0.1, -0.05) is 36.9 Å². The fourth-order valence-electron chi connectivity index (χ4n) is 2.75. The first-order chi connectivity index (χ1) is 14.0. The van der Waals surface area contributed by atoms with E-state index < -0.39 is 0 Å². The van der Waals surface area contributed by atoms with E-state index in [4.69, 9.17) is 0 Å². The lowest BCUT2D eigenvalue weighted by Crippen LogP contribution is -2.23. The lowest BCUT2D eigenvalue weighted by atomic mass is 10.1. The zero-order valence-electron chi connectivity index (χ0n) is 16.1. The van der Waals surface area contributed by atoms with E-state index in [9.17, 15) is 14.4 Å². The van der Waals surface area contributed by atoms with Crippen LogP contribution in [0.1, 0.15) is 23.7 Å². The van der Waals surface area contributed by atoms with Crippen molar-refractivity contribution < 1.29 is 9.59 Å². The van der Waals surface area contributed by atoms with Crippen molar-refractivity contribution in [3.05, 3.63) is 77.1 Å². The molecule has 0 aliphatic carbocycles. The fourth-order valence-corrected chi connectivity index (χ4v) is 3.65. The van der Waals surface area contributed by atoms with Gasteiger partial charge in [0, 0.05) is 24.2 Å². The highest BCUT2D eigenvalue weighted by atomic mass is 32.2. The standard InChI is InChI=1S/C22H21N3O3S/c1-3-13-25-21(28)17-7-5-6-8-18(17)24-22(25)29-14-19(26)15-9-11-16(12-10-15)23-20(27)4-2/h3,5-12H,1,4,13-14H2,2H3,(H,23,27). The molecule has 0 bridgehead atoms. The van der Waals surface area contributed by atoms with Crippen LogP contribution in [0.4, 0.5) is 5.69 Å². The van der Waals surface area contributed by atoms with Crippen LogP contribution in [0.5, 0.6) is 0 Å². The molecule has 0 atom stereocenters. The maximum Gasteiger partial charge on any atom is 0.262 e. The summed E-state index contributed by atoms with van der Waals surface area (Å²) in [5.74, 6) is -0.0269. The van der Waals surface area contributed by atoms with Crippen molar-refractivity contribution in [1.29, 1.82) is 0 Å². The summed E-state index contributed by atoms with van der Waals surface area (Å²) in [6.07, 6.45) is 2.02. The van der Waals surface area contributed by atoms with Gasteiger partial charge in [-0.15, -0.1) is 6.58 Å². The van der Waals surface area contributed by atoms with Crippen LogP contribution >= 0.6 is 11.8 Å². The zero-order chi connectivity index (χ0) is 20.8. The van der Waals surface area contributed by atoms with Crippen LogP contribution < -0.4 is 10.9 Å². The minimum absolute atomic E-state index is 0.0813. The van der Waals surface area contributed by atoms with Crippen LogP contribution in [0.2, 0.25) is 0 Å². The van der Waals surface area contributed by atoms with Crippen LogP contribution in [0.15, 0.2) is 71.1 Å². The number of carbonyl (C=O) groups is 2. The molecule has 7 heteroatoms. The third-order valence-corrected chi connectivity index (χ3v) is 5.26. The van der Waals surface area contributed by atoms with Gasteiger partial charge in [0.1, 0.15) is 0 Å². The maximum absolute atomic E-state index is 12.7. The largest absolute Gasteiger partial charge is 0.326 e. The van der Waals surface area contributed by atoms with E-state index >= 15 is 0 Å². The Morgan fingerprint density at radius 1 is 1.17 bits per heavy atom. The number of fused-ring (bicyclic) bond motifs is 1. The van der Waals surface area contributed by atoms with E-state index in [-0.39, 0.29) is 23.0 Å². The first-order valence-electron chi connectivity index (χ1n) is 9.20. The molecule has 0 saturated carbocycles. The van der Waals surface area contributed by atoms with Crippen LogP contribution in [0.3, 0.4) is 0 Å². The summed E-state index contributed by atoms with van der Waals surface area (Å²) >= 11 is 1.22. The van der Waals surface area contributed by atoms with Gasteiger partial charge in [-0.2, -0.15) is 0 Å². The normalized spacial score (nSPS) is 10.7. The smallest absolute Gasteiger partial charge is 0.262 e. The van der Waals surface area contributed by atoms with Crippen LogP contribution in [0, 0.1) is 0 Å². The van der Waals surface area contributed by atoms with Gasteiger partial charge in [-0.3, -0.25) is 19.0 Å². The summed E-state index contributed by atoms with van der Waals surface area (Å²) < 4.78 is 1.52. The molecular formula is C22H21N3O3S. The molecule has 1 N–H and O–H groups in total. The molecular weight excluding hydrogens is 386 g/mol. The van der Waals surface area contributed by atoms with Gasteiger partial charge >= 0.3 is 0 Å². The van der Waals surface area contributed by atoms with E-state index in [1.165, 1.54) is 16.3 Å². The van der Waals surface area contributed by atoms with Crippen LogP contribution in [0.25, 0.3) is 10.9 Å². The van der Waals surface area contributed by atoms with Crippen molar-refractivity contribution in [3.63, 3.8) is 0 Å². The van der Waals surface area contributed by atoms with Gasteiger partial charge in [-0.05, 0) is 36.4 Å². The first kappa shape index (κ1) is 20.5. The SMILES string of the molecule is C=CCn1c(SCC(=O)c2ccc(NC(=O)CC)cc2)nc2ccccc2c1=O. The van der Waals surface area contributed by atoms with Gasteiger partial charge in [0.2, 0.25) is 5.91 Å². The monoisotopic (exact) mass is 407 g/mol. The number of amides is 1. The van der Waals surface area contributed by atoms with Crippen molar-refractivity contribution in [2.45, 2.75) is 25.0 Å². The summed E-state index contributed by atoms with van der Waals surface area (Å²) in [6, 6.07) is 13.9. The second-order valence-electron chi connectivity index (χ2n) is 6.31. The van der Waals surface area contributed by atoms with Gasteiger partial charge in [0.05, 0.1) is 16.7 Å². The summed E-state index contributed by atoms with van der Waals surface area (Å²) in [5, 5.41) is 3.76. The van der Waals surface area contributed by atoms with E-state index in [1.807, 2.05) is 6.07 Å². The van der Waals surface area contributed by atoms with Crippen molar-refractivity contribution in [1.82, 2.24) is 9.55 Å². The molecule has 2 aromatic carbocycles. The lowest BCUT2D eigenvalue weighted by molar-refractivity contribution is -0.115. The Kier molecular flexibility index (Phi) is 6.61. The maximum atomic E-state index is 12.7. The molecule has 0 fully saturated rings. The van der Waals surface area contributed by atoms with Gasteiger partial charge in [0.25, 0.3) is 5.56 Å². The molecule has 1 aromatic heterocycles. The summed E-state index contributed by atoms with van der Waals surface area (Å²) in [5.41, 5.74) is 1.63. The number of anilines is 1. The molecule has 0 spiro atoms. The highest BCUT2D eigenvalue weighted by Crippen LogP contribution is 2.20. The Bertz CT molecular complexity index is 1120. The zero-order valence-corrected chi connectivity index (χ0v) is 16.9. The summed E-state index contributed by atoms with van der Waals surface area (Å²) in [4.78, 5) is 41.3. The molecule has 6 nitrogen and oxygen atoms in total. The Balaban J connectivity index is 1.78. The molecule has 0 aliphatic heterocycles. The quantitative estimate of drug-likeness (QED) is 0.265. The molecule has 3 aromatic rings. The molecule has 0 unspecified atom stereocenters. The first-order valence-corrected chi connectivity index (χ1v) is 10.2. The number of benzene rings is 2. The number of thioether (sulfide) groups is 1. The van der Waals surface area contributed by atoms with Crippen LogP contribution in [-0.4, -0.2) is 27.0 Å². The Hall–Kier alpha value is -3.19. The molecule has 0 saturated heterocycles. The van der Waals surface area contributed by atoms with Crippen molar-refractivity contribution >= 4 is 40.0 Å². The predicted octanol–water partition coefficient (Wildman–Crippen LogP) is 3.91. The van der Waals surface area contributed by atoms with Crippen molar-refractivity contribution in [2.24, 2.45) is 0 Å². The van der Waals surface area contributed by atoms with E-state index in [0.717, 1.165) is 0 Å². The Labute approximate surface area is 172 Å². The van der Waals surface area contributed by atoms with Gasteiger partial charge in [0.15, 0.2) is 10.9 Å². The molecule has 0 aliphatic rings. The number of nitrogens with zero attached hydrogens (tertiary/aromatic N) is 2. The highest BCUT2D eigenvalue weighted by molar-refractivity contribution is 7.99. The van der Waals surface area contributed by atoms with E-state index in [0.29, 0.717) is 40.3 Å². The number of allylic oxidation sites excluding steroid dienone is 1. The third kappa shape index (κ3) is 4.81. The number of rotatable bonds is 8. The average Bonchev–Trinajstić information content (AvgIpc) is 2.74. The number of hydrogen-bond donors (Lipinski definition) is 1. The van der Waals surface area contributed by atoms with Crippen molar-refractivity contribution in [2.75, 3.05) is 11.1 Å². The highest BCUT2D eigenvalue weighted by Gasteiger charge is 2.13. The van der Waals surface area contributed by atoms with Crippen LogP contribution in [-0.2, 0) is 11.3 Å². The molecule has 148 valence electrons.